The first kappa shape index (κ1) is 15.2. The summed E-state index contributed by atoms with van der Waals surface area (Å²) < 4.78 is 36.1. The van der Waals surface area contributed by atoms with Gasteiger partial charge in [-0.2, -0.15) is 0 Å². The van der Waals surface area contributed by atoms with E-state index in [1.807, 2.05) is 0 Å². The van der Waals surface area contributed by atoms with Gasteiger partial charge in [0.25, 0.3) is 5.69 Å². The van der Waals surface area contributed by atoms with E-state index in [0.717, 1.165) is 12.1 Å². The Morgan fingerprint density at radius 3 is 2.50 bits per heavy atom. The number of benzene rings is 1. The molecule has 0 amide bonds. The van der Waals surface area contributed by atoms with E-state index >= 15 is 0 Å². The molecule has 0 spiro atoms. The summed E-state index contributed by atoms with van der Waals surface area (Å²) in [5.74, 6) is -0.531. The molecule has 0 bridgehead atoms. The van der Waals surface area contributed by atoms with Gasteiger partial charge in [0.05, 0.1) is 20.9 Å². The topological polar surface area (TPSA) is 89.3 Å². The maximum atomic E-state index is 13.5. The van der Waals surface area contributed by atoms with E-state index < -0.39 is 20.6 Å². The molecule has 1 aliphatic heterocycles. The molecule has 1 aromatic rings. The lowest BCUT2D eigenvalue weighted by Crippen LogP contribution is -2.32. The Labute approximate surface area is 123 Å². The van der Waals surface area contributed by atoms with Crippen molar-refractivity contribution in [3.8, 4) is 0 Å². The van der Waals surface area contributed by atoms with Crippen LogP contribution in [0, 0.1) is 15.9 Å². The van der Waals surface area contributed by atoms with Crippen molar-refractivity contribution in [2.45, 2.75) is 18.9 Å². The number of sulfone groups is 1. The molecule has 0 saturated carbocycles. The van der Waals surface area contributed by atoms with Gasteiger partial charge in [-0.25, -0.2) is 12.8 Å². The number of nitrogens with one attached hydrogen (secondary N) is 1. The van der Waals surface area contributed by atoms with Crippen LogP contribution >= 0.6 is 15.9 Å². The van der Waals surface area contributed by atoms with Crippen LogP contribution in [0.4, 0.5) is 15.8 Å². The summed E-state index contributed by atoms with van der Waals surface area (Å²) in [5, 5.41) is 13.8. The molecule has 0 aromatic heterocycles. The third-order valence-corrected chi connectivity index (χ3v) is 5.47. The lowest BCUT2D eigenvalue weighted by Gasteiger charge is -2.24. The summed E-state index contributed by atoms with van der Waals surface area (Å²) in [6.45, 7) is 0. The maximum absolute atomic E-state index is 13.5. The van der Waals surface area contributed by atoms with E-state index in [0.29, 0.717) is 12.8 Å². The van der Waals surface area contributed by atoms with Gasteiger partial charge in [0.15, 0.2) is 0 Å². The molecule has 1 fully saturated rings. The molecule has 110 valence electrons. The molecule has 9 heteroatoms. The molecule has 1 aliphatic rings. The first-order chi connectivity index (χ1) is 9.28. The van der Waals surface area contributed by atoms with Crippen molar-refractivity contribution in [2.75, 3.05) is 16.8 Å². The second-order valence-corrected chi connectivity index (χ2v) is 7.77. The van der Waals surface area contributed by atoms with Crippen molar-refractivity contribution in [1.82, 2.24) is 0 Å². The SMILES string of the molecule is O=[N+]([O-])c1cc(Br)c(F)cc1NC1CCS(=O)(=O)CC1. The highest BCUT2D eigenvalue weighted by atomic mass is 79.9. The van der Waals surface area contributed by atoms with E-state index in [1.54, 1.807) is 0 Å². The molecule has 0 unspecified atom stereocenters. The van der Waals surface area contributed by atoms with Crippen LogP contribution in [0.25, 0.3) is 0 Å². The van der Waals surface area contributed by atoms with Crippen molar-refractivity contribution in [1.29, 1.82) is 0 Å². The van der Waals surface area contributed by atoms with Crippen molar-refractivity contribution < 1.29 is 17.7 Å². The fourth-order valence-electron chi connectivity index (χ4n) is 2.06. The number of nitro groups is 1. The van der Waals surface area contributed by atoms with Crippen LogP contribution in [-0.4, -0.2) is 30.9 Å². The molecule has 1 N–H and O–H groups in total. The Morgan fingerprint density at radius 2 is 1.95 bits per heavy atom. The minimum absolute atomic E-state index is 0.0148. The maximum Gasteiger partial charge on any atom is 0.293 e. The first-order valence-electron chi connectivity index (χ1n) is 5.89. The number of rotatable bonds is 3. The predicted octanol–water partition coefficient (Wildman–Crippen LogP) is 2.49. The fraction of sp³-hybridized carbons (Fsp3) is 0.455. The van der Waals surface area contributed by atoms with Crippen molar-refractivity contribution in [3.05, 3.63) is 32.5 Å². The summed E-state index contributed by atoms with van der Waals surface area (Å²) in [6.07, 6.45) is 0.717. The summed E-state index contributed by atoms with van der Waals surface area (Å²) in [6, 6.07) is 1.93. The van der Waals surface area contributed by atoms with Gasteiger partial charge in [0.1, 0.15) is 21.3 Å². The Kier molecular flexibility index (Phi) is 4.28. The van der Waals surface area contributed by atoms with E-state index in [9.17, 15) is 22.9 Å². The van der Waals surface area contributed by atoms with Crippen molar-refractivity contribution in [2.24, 2.45) is 0 Å². The van der Waals surface area contributed by atoms with Gasteiger partial charge in [0, 0.05) is 18.2 Å². The number of halogens is 2. The van der Waals surface area contributed by atoms with Gasteiger partial charge in [-0.1, -0.05) is 0 Å². The average Bonchev–Trinajstić information content (AvgIpc) is 2.35. The third kappa shape index (κ3) is 3.45. The van der Waals surface area contributed by atoms with Gasteiger partial charge in [0.2, 0.25) is 0 Å². The van der Waals surface area contributed by atoms with Crippen molar-refractivity contribution in [3.63, 3.8) is 0 Å². The van der Waals surface area contributed by atoms with Gasteiger partial charge < -0.3 is 5.32 Å². The summed E-state index contributed by atoms with van der Waals surface area (Å²) in [4.78, 5) is 10.4. The van der Waals surface area contributed by atoms with Crippen LogP contribution < -0.4 is 5.32 Å². The molecular formula is C11H12BrFN2O4S. The van der Waals surface area contributed by atoms with E-state index in [2.05, 4.69) is 21.2 Å². The first-order valence-corrected chi connectivity index (χ1v) is 8.50. The lowest BCUT2D eigenvalue weighted by molar-refractivity contribution is -0.384. The van der Waals surface area contributed by atoms with Crippen LogP contribution in [0.2, 0.25) is 0 Å². The van der Waals surface area contributed by atoms with Crippen LogP contribution in [0.15, 0.2) is 16.6 Å². The zero-order chi connectivity index (χ0) is 14.9. The highest BCUT2D eigenvalue weighted by molar-refractivity contribution is 9.10. The molecule has 20 heavy (non-hydrogen) atoms. The molecule has 0 atom stereocenters. The van der Waals surface area contributed by atoms with Gasteiger partial charge in [-0.3, -0.25) is 10.1 Å². The number of nitro benzene ring substituents is 1. The Hall–Kier alpha value is -1.22. The highest BCUT2D eigenvalue weighted by Gasteiger charge is 2.26. The smallest absolute Gasteiger partial charge is 0.293 e. The molecule has 1 aromatic carbocycles. The number of nitrogens with zero attached hydrogens (tertiary/aromatic N) is 1. The van der Waals surface area contributed by atoms with E-state index in [4.69, 9.17) is 0 Å². The molecular weight excluding hydrogens is 355 g/mol. The fourth-order valence-corrected chi connectivity index (χ4v) is 3.88. The minimum atomic E-state index is -3.00. The molecule has 2 rings (SSSR count). The second-order valence-electron chi connectivity index (χ2n) is 4.61. The van der Waals surface area contributed by atoms with Crippen LogP contribution in [0.1, 0.15) is 12.8 Å². The minimum Gasteiger partial charge on any atom is -0.377 e. The largest absolute Gasteiger partial charge is 0.377 e. The Balaban J connectivity index is 2.21. The monoisotopic (exact) mass is 366 g/mol. The normalized spacial score (nSPS) is 18.7. The number of hydrogen-bond acceptors (Lipinski definition) is 5. The molecule has 1 saturated heterocycles. The van der Waals surface area contributed by atoms with E-state index in [-0.39, 0.29) is 33.4 Å². The molecule has 0 aliphatic carbocycles. The van der Waals surface area contributed by atoms with Crippen LogP contribution in [0.5, 0.6) is 0 Å². The zero-order valence-electron chi connectivity index (χ0n) is 10.3. The molecule has 0 radical (unpaired) electrons. The lowest BCUT2D eigenvalue weighted by atomic mass is 10.1. The van der Waals surface area contributed by atoms with Crippen LogP contribution in [-0.2, 0) is 9.84 Å². The van der Waals surface area contributed by atoms with Gasteiger partial charge >= 0.3 is 0 Å². The van der Waals surface area contributed by atoms with Gasteiger partial charge in [-0.05, 0) is 28.8 Å². The Morgan fingerprint density at radius 1 is 1.35 bits per heavy atom. The quantitative estimate of drug-likeness (QED) is 0.655. The van der Waals surface area contributed by atoms with E-state index in [1.165, 1.54) is 0 Å². The highest BCUT2D eigenvalue weighted by Crippen LogP contribution is 2.32. The van der Waals surface area contributed by atoms with Gasteiger partial charge in [-0.15, -0.1) is 0 Å². The molecule has 1 heterocycles. The standard InChI is InChI=1S/C11H12BrFN2O4S/c12-8-5-11(15(16)17)10(6-9(8)13)14-7-1-3-20(18,19)4-2-7/h5-7,14H,1-4H2. The number of anilines is 1. The third-order valence-electron chi connectivity index (χ3n) is 3.15. The van der Waals surface area contributed by atoms with Crippen molar-refractivity contribution >= 4 is 37.1 Å². The summed E-state index contributed by atoms with van der Waals surface area (Å²) >= 11 is 2.90. The average molecular weight is 367 g/mol. The Bertz CT molecular complexity index is 636. The predicted molar refractivity (Wildman–Crippen MR) is 76.1 cm³/mol. The van der Waals surface area contributed by atoms with Crippen LogP contribution in [0.3, 0.4) is 0 Å². The number of hydrogen-bond donors (Lipinski definition) is 1. The second kappa shape index (κ2) is 5.65. The summed E-state index contributed by atoms with van der Waals surface area (Å²) in [5.41, 5.74) is -0.174. The molecule has 6 nitrogen and oxygen atoms in total. The summed E-state index contributed by atoms with van der Waals surface area (Å²) in [7, 11) is -3.00. The zero-order valence-corrected chi connectivity index (χ0v) is 12.7.